The maximum absolute atomic E-state index is 12.6. The minimum Gasteiger partial charge on any atom is -0.352 e. The number of benzene rings is 3. The summed E-state index contributed by atoms with van der Waals surface area (Å²) < 4.78 is 0. The zero-order valence-corrected chi connectivity index (χ0v) is 16.6. The molecule has 3 heteroatoms. The first kappa shape index (κ1) is 18.7. The molecular formula is C25H29N2O+. The van der Waals surface area contributed by atoms with Gasteiger partial charge in [-0.15, -0.1) is 0 Å². The number of hydrogen-bond acceptors (Lipinski definition) is 1. The van der Waals surface area contributed by atoms with Crippen LogP contribution < -0.4 is 10.2 Å². The molecule has 1 fully saturated rings. The van der Waals surface area contributed by atoms with Crippen molar-refractivity contribution in [2.24, 2.45) is 5.92 Å². The number of nitrogens with one attached hydrogen (secondary N) is 2. The first-order valence-corrected chi connectivity index (χ1v) is 10.3. The molecule has 0 spiro atoms. The average Bonchev–Trinajstić information content (AvgIpc) is 2.74. The quantitative estimate of drug-likeness (QED) is 0.707. The van der Waals surface area contributed by atoms with E-state index < -0.39 is 0 Å². The maximum atomic E-state index is 12.6. The predicted octanol–water partition coefficient (Wildman–Crippen LogP) is 3.26. The fourth-order valence-electron chi connectivity index (χ4n) is 4.22. The monoisotopic (exact) mass is 373 g/mol. The van der Waals surface area contributed by atoms with Crippen LogP contribution in [-0.4, -0.2) is 19.0 Å². The van der Waals surface area contributed by atoms with Gasteiger partial charge in [0.05, 0.1) is 13.1 Å². The van der Waals surface area contributed by atoms with Crippen LogP contribution in [-0.2, 0) is 17.9 Å². The summed E-state index contributed by atoms with van der Waals surface area (Å²) in [6, 6.07) is 23.6. The van der Waals surface area contributed by atoms with Gasteiger partial charge < -0.3 is 10.2 Å². The van der Waals surface area contributed by atoms with Crippen molar-refractivity contribution in [3.05, 3.63) is 83.4 Å². The molecule has 1 heterocycles. The van der Waals surface area contributed by atoms with Crippen molar-refractivity contribution in [1.82, 2.24) is 5.32 Å². The molecule has 1 aliphatic rings. The van der Waals surface area contributed by atoms with Gasteiger partial charge in [-0.3, -0.25) is 4.79 Å². The van der Waals surface area contributed by atoms with E-state index in [9.17, 15) is 4.79 Å². The Labute approximate surface area is 167 Å². The lowest BCUT2D eigenvalue weighted by Gasteiger charge is -2.29. The van der Waals surface area contributed by atoms with Crippen LogP contribution in [0.1, 0.15) is 29.5 Å². The van der Waals surface area contributed by atoms with E-state index in [0.29, 0.717) is 6.54 Å². The van der Waals surface area contributed by atoms with Gasteiger partial charge in [0.15, 0.2) is 0 Å². The van der Waals surface area contributed by atoms with Crippen LogP contribution in [0.3, 0.4) is 0 Å². The van der Waals surface area contributed by atoms with Gasteiger partial charge >= 0.3 is 0 Å². The number of likely N-dealkylation sites (tertiary alicyclic amines) is 1. The van der Waals surface area contributed by atoms with E-state index in [1.54, 1.807) is 4.90 Å². The molecule has 0 atom stereocenters. The third-order valence-electron chi connectivity index (χ3n) is 5.97. The molecule has 2 N–H and O–H groups in total. The SMILES string of the molecule is Cc1ccc(CNC(=O)C2CC[NH+](Cc3cccc4ccccc34)CC2)cc1. The first-order valence-electron chi connectivity index (χ1n) is 10.3. The third-order valence-corrected chi connectivity index (χ3v) is 5.97. The van der Waals surface area contributed by atoms with Gasteiger partial charge in [0.1, 0.15) is 6.54 Å². The number of fused-ring (bicyclic) bond motifs is 1. The number of amides is 1. The van der Waals surface area contributed by atoms with E-state index in [-0.39, 0.29) is 11.8 Å². The number of carbonyl (C=O) groups is 1. The number of rotatable bonds is 5. The topological polar surface area (TPSA) is 33.5 Å². The molecule has 28 heavy (non-hydrogen) atoms. The molecule has 1 saturated heterocycles. The Morgan fingerprint density at radius 1 is 0.964 bits per heavy atom. The van der Waals surface area contributed by atoms with E-state index in [1.807, 2.05) is 0 Å². The molecule has 1 aliphatic heterocycles. The third kappa shape index (κ3) is 4.42. The molecule has 0 radical (unpaired) electrons. The normalized spacial score (nSPS) is 19.5. The fourth-order valence-corrected chi connectivity index (χ4v) is 4.22. The molecule has 0 bridgehead atoms. The van der Waals surface area contributed by atoms with Crippen LogP contribution in [0.15, 0.2) is 66.7 Å². The number of aryl methyl sites for hydroxylation is 1. The maximum Gasteiger partial charge on any atom is 0.223 e. The second kappa shape index (κ2) is 8.57. The molecule has 0 unspecified atom stereocenters. The number of carbonyl (C=O) groups excluding carboxylic acids is 1. The first-order chi connectivity index (χ1) is 13.7. The molecule has 0 aliphatic carbocycles. The Balaban J connectivity index is 1.29. The van der Waals surface area contributed by atoms with Crippen molar-refractivity contribution in [1.29, 1.82) is 0 Å². The highest BCUT2D eigenvalue weighted by Gasteiger charge is 2.27. The molecule has 3 nitrogen and oxygen atoms in total. The van der Waals surface area contributed by atoms with Crippen LogP contribution in [0.4, 0.5) is 0 Å². The Kier molecular flexibility index (Phi) is 5.73. The summed E-state index contributed by atoms with van der Waals surface area (Å²) in [6.07, 6.45) is 1.94. The zero-order valence-electron chi connectivity index (χ0n) is 16.6. The number of hydrogen-bond donors (Lipinski definition) is 2. The molecule has 3 aromatic carbocycles. The Morgan fingerprint density at radius 2 is 1.68 bits per heavy atom. The minimum atomic E-state index is 0.154. The molecule has 1 amide bonds. The Bertz CT molecular complexity index is 935. The van der Waals surface area contributed by atoms with Gasteiger partial charge in [0.2, 0.25) is 5.91 Å². The second-order valence-corrected chi connectivity index (χ2v) is 8.04. The molecule has 0 saturated carbocycles. The minimum absolute atomic E-state index is 0.154. The summed E-state index contributed by atoms with van der Waals surface area (Å²) in [5, 5.41) is 5.80. The molecule has 0 aromatic heterocycles. The molecule has 4 rings (SSSR count). The lowest BCUT2D eigenvalue weighted by atomic mass is 9.95. The fraction of sp³-hybridized carbons (Fsp3) is 0.320. The summed E-state index contributed by atoms with van der Waals surface area (Å²) in [5.74, 6) is 0.367. The molecular weight excluding hydrogens is 344 g/mol. The molecule has 3 aromatic rings. The predicted molar refractivity (Wildman–Crippen MR) is 114 cm³/mol. The van der Waals surface area contributed by atoms with Crippen LogP contribution in [0, 0.1) is 12.8 Å². The average molecular weight is 374 g/mol. The summed E-state index contributed by atoms with van der Waals surface area (Å²) in [5.41, 5.74) is 3.82. The van der Waals surface area contributed by atoms with E-state index in [0.717, 1.165) is 38.0 Å². The van der Waals surface area contributed by atoms with Gasteiger partial charge in [-0.05, 0) is 23.3 Å². The van der Waals surface area contributed by atoms with Gasteiger partial charge in [-0.1, -0.05) is 72.3 Å². The molecule has 144 valence electrons. The van der Waals surface area contributed by atoms with Crippen LogP contribution in [0.5, 0.6) is 0 Å². The summed E-state index contributed by atoms with van der Waals surface area (Å²) >= 11 is 0. The van der Waals surface area contributed by atoms with E-state index in [4.69, 9.17) is 0 Å². The second-order valence-electron chi connectivity index (χ2n) is 8.04. The van der Waals surface area contributed by atoms with Crippen molar-refractivity contribution in [2.45, 2.75) is 32.9 Å². The zero-order chi connectivity index (χ0) is 19.3. The van der Waals surface area contributed by atoms with E-state index in [2.05, 4.69) is 79.0 Å². The highest BCUT2D eigenvalue weighted by molar-refractivity contribution is 5.85. The van der Waals surface area contributed by atoms with Gasteiger partial charge in [-0.25, -0.2) is 0 Å². The lowest BCUT2D eigenvalue weighted by molar-refractivity contribution is -0.919. The number of piperidine rings is 1. The van der Waals surface area contributed by atoms with Gasteiger partial charge in [0.25, 0.3) is 0 Å². The van der Waals surface area contributed by atoms with Crippen LogP contribution in [0.25, 0.3) is 10.8 Å². The number of quaternary nitrogens is 1. The Hall–Kier alpha value is -2.65. The smallest absolute Gasteiger partial charge is 0.223 e. The summed E-state index contributed by atoms with van der Waals surface area (Å²) in [7, 11) is 0. The van der Waals surface area contributed by atoms with Crippen LogP contribution in [0.2, 0.25) is 0 Å². The van der Waals surface area contributed by atoms with Gasteiger partial charge in [-0.2, -0.15) is 0 Å². The largest absolute Gasteiger partial charge is 0.352 e. The van der Waals surface area contributed by atoms with E-state index in [1.165, 1.54) is 21.9 Å². The Morgan fingerprint density at radius 3 is 2.46 bits per heavy atom. The summed E-state index contributed by atoms with van der Waals surface area (Å²) in [4.78, 5) is 14.1. The lowest BCUT2D eigenvalue weighted by Crippen LogP contribution is -3.11. The van der Waals surface area contributed by atoms with Crippen LogP contribution >= 0.6 is 0 Å². The van der Waals surface area contributed by atoms with E-state index >= 15 is 0 Å². The van der Waals surface area contributed by atoms with Crippen molar-refractivity contribution in [3.8, 4) is 0 Å². The highest BCUT2D eigenvalue weighted by atomic mass is 16.1. The van der Waals surface area contributed by atoms with Crippen molar-refractivity contribution >= 4 is 16.7 Å². The van der Waals surface area contributed by atoms with Crippen molar-refractivity contribution in [3.63, 3.8) is 0 Å². The summed E-state index contributed by atoms with van der Waals surface area (Å²) in [6.45, 7) is 5.87. The highest BCUT2D eigenvalue weighted by Crippen LogP contribution is 2.18. The standard InChI is InChI=1S/C25H28N2O/c1-19-9-11-20(12-10-19)17-26-25(28)22-13-15-27(16-14-22)18-23-7-4-6-21-5-2-3-8-24(21)23/h2-12,22H,13-18H2,1H3,(H,26,28)/p+1. The van der Waals surface area contributed by atoms with Crippen molar-refractivity contribution in [2.75, 3.05) is 13.1 Å². The van der Waals surface area contributed by atoms with Crippen molar-refractivity contribution < 1.29 is 9.69 Å². The van der Waals surface area contributed by atoms with Gasteiger partial charge in [0, 0.05) is 30.9 Å².